The number of nitrogens with zero attached hydrogens (tertiary/aromatic N) is 1. The number of β-lactam (4-membered cyclic amide) rings is 1. The normalized spacial score (nSPS) is 27.1. The Bertz CT molecular complexity index is 959. The van der Waals surface area contributed by atoms with E-state index in [-0.39, 0.29) is 16.5 Å². The number of carboxylic acid groups (broad SMARTS) is 1. The lowest BCUT2D eigenvalue weighted by atomic mass is 10.0. The smallest absolute Gasteiger partial charge is 0.325 e. The maximum Gasteiger partial charge on any atom is 0.325 e. The molecule has 0 aliphatic carbocycles. The lowest BCUT2D eigenvalue weighted by molar-refractivity contribution is -0.142. The highest BCUT2D eigenvalue weighted by atomic mass is 32.2. The van der Waals surface area contributed by atoms with E-state index >= 15 is 0 Å². The van der Waals surface area contributed by atoms with Gasteiger partial charge in [0.15, 0.2) is 4.75 Å². The molecule has 0 saturated carbocycles. The van der Waals surface area contributed by atoms with Gasteiger partial charge in [-0.2, -0.15) is 4.72 Å². The Morgan fingerprint density at radius 1 is 1.30 bits per heavy atom. The second kappa shape index (κ2) is 6.36. The molecule has 0 radical (unpaired) electrons. The summed E-state index contributed by atoms with van der Waals surface area (Å²) in [4.78, 5) is 36.0. The average molecular weight is 411 g/mol. The minimum Gasteiger partial charge on any atom is -0.480 e. The van der Waals surface area contributed by atoms with Crippen LogP contribution < -0.4 is 10.0 Å². The first-order valence-electron chi connectivity index (χ1n) is 7.81. The molecule has 3 N–H and O–H groups in total. The van der Waals surface area contributed by atoms with Crippen LogP contribution in [0.25, 0.3) is 0 Å². The maximum atomic E-state index is 12.6. The first kappa shape index (κ1) is 19.4. The van der Waals surface area contributed by atoms with Crippen LogP contribution in [-0.4, -0.2) is 52.4 Å². The predicted molar refractivity (Wildman–Crippen MR) is 98.3 cm³/mol. The predicted octanol–water partition coefficient (Wildman–Crippen LogP) is 0.564. The Labute approximate surface area is 159 Å². The summed E-state index contributed by atoms with van der Waals surface area (Å²) in [7, 11) is -4.01. The van der Waals surface area contributed by atoms with Crippen molar-refractivity contribution >= 4 is 45.3 Å². The van der Waals surface area contributed by atoms with E-state index in [1.807, 2.05) is 0 Å². The van der Waals surface area contributed by atoms with Gasteiger partial charge in [0, 0.05) is 18.3 Å². The number of carbonyl (C=O) groups is 3. The summed E-state index contributed by atoms with van der Waals surface area (Å²) in [5, 5.41) is 11.2. The highest BCUT2D eigenvalue weighted by molar-refractivity contribution is 8.02. The number of fused-ring (bicyclic) bond motifs is 1. The number of anilines is 1. The second-order valence-corrected chi connectivity index (χ2v) is 9.56. The fourth-order valence-corrected chi connectivity index (χ4v) is 5.61. The lowest BCUT2D eigenvalue weighted by Crippen LogP contribution is -2.66. The average Bonchev–Trinajstić information content (AvgIpc) is 2.82. The topological polar surface area (TPSA) is 133 Å². The van der Waals surface area contributed by atoms with Crippen LogP contribution in [0.15, 0.2) is 41.4 Å². The molecular weight excluding hydrogens is 394 g/mol. The van der Waals surface area contributed by atoms with Crippen LogP contribution in [-0.2, 0) is 24.4 Å². The van der Waals surface area contributed by atoms with E-state index in [1.54, 1.807) is 0 Å². The Hall–Kier alpha value is -2.37. The van der Waals surface area contributed by atoms with Crippen molar-refractivity contribution in [3.05, 3.63) is 36.5 Å². The summed E-state index contributed by atoms with van der Waals surface area (Å²) in [5.41, 5.74) is 0.567. The molecule has 1 aromatic rings. The number of hydrogen-bond acceptors (Lipinski definition) is 6. The molecule has 0 bridgehead atoms. The zero-order valence-corrected chi connectivity index (χ0v) is 16.1. The summed E-state index contributed by atoms with van der Waals surface area (Å²) in [6.07, 6.45) is 0. The third-order valence-corrected chi connectivity index (χ3v) is 7.48. The number of sulfonamides is 1. The minimum atomic E-state index is -4.01. The van der Waals surface area contributed by atoms with E-state index < -0.39 is 38.1 Å². The van der Waals surface area contributed by atoms with Gasteiger partial charge in [0.2, 0.25) is 21.8 Å². The van der Waals surface area contributed by atoms with Gasteiger partial charge in [-0.25, -0.2) is 8.42 Å². The molecular formula is C16H17N3O6S2. The van der Waals surface area contributed by atoms with Gasteiger partial charge in [-0.15, -0.1) is 11.8 Å². The molecule has 2 amide bonds. The number of carbonyl (C=O) groups excluding carboxylic acids is 2. The maximum absolute atomic E-state index is 12.6. The van der Waals surface area contributed by atoms with E-state index in [0.29, 0.717) is 5.69 Å². The fraction of sp³-hybridized carbons (Fsp3) is 0.312. The standard InChI is InChI=1S/C16H17N3O6S2/c1-8-16(3,15(22)23)26-14-12(13(21)19(8)14)18-27(24,25)11-6-4-10(5-7-11)17-9(2)20/h4-7,12,14,18H,1H2,2-3H3,(H,17,20)(H,22,23)/t12?,14-,16?/m1/s1. The van der Waals surface area contributed by atoms with Crippen molar-refractivity contribution in [2.24, 2.45) is 0 Å². The molecule has 3 atom stereocenters. The minimum absolute atomic E-state index is 0.0781. The monoisotopic (exact) mass is 411 g/mol. The van der Waals surface area contributed by atoms with Gasteiger partial charge in [0.05, 0.1) is 4.90 Å². The van der Waals surface area contributed by atoms with Crippen molar-refractivity contribution < 1.29 is 27.9 Å². The number of thioether (sulfide) groups is 1. The van der Waals surface area contributed by atoms with E-state index in [1.165, 1.54) is 43.0 Å². The molecule has 27 heavy (non-hydrogen) atoms. The molecule has 2 saturated heterocycles. The van der Waals surface area contributed by atoms with E-state index in [2.05, 4.69) is 16.6 Å². The van der Waals surface area contributed by atoms with Crippen LogP contribution >= 0.6 is 11.8 Å². The van der Waals surface area contributed by atoms with E-state index in [0.717, 1.165) is 11.8 Å². The Morgan fingerprint density at radius 2 is 1.89 bits per heavy atom. The molecule has 0 spiro atoms. The van der Waals surface area contributed by atoms with Crippen molar-refractivity contribution in [1.29, 1.82) is 0 Å². The largest absolute Gasteiger partial charge is 0.480 e. The molecule has 2 heterocycles. The third kappa shape index (κ3) is 3.11. The van der Waals surface area contributed by atoms with Gasteiger partial charge in [0.25, 0.3) is 0 Å². The van der Waals surface area contributed by atoms with Crippen LogP contribution in [0.3, 0.4) is 0 Å². The summed E-state index contributed by atoms with van der Waals surface area (Å²) >= 11 is 0.968. The Kier molecular flexibility index (Phi) is 4.57. The fourth-order valence-electron chi connectivity index (χ4n) is 2.85. The summed E-state index contributed by atoms with van der Waals surface area (Å²) in [6, 6.07) is 4.39. The van der Waals surface area contributed by atoms with Crippen LogP contribution in [0, 0.1) is 0 Å². The molecule has 1 aromatic carbocycles. The highest BCUT2D eigenvalue weighted by Crippen LogP contribution is 2.52. The second-order valence-electron chi connectivity index (χ2n) is 6.31. The Morgan fingerprint density at radius 3 is 2.41 bits per heavy atom. The van der Waals surface area contributed by atoms with E-state index in [9.17, 15) is 27.9 Å². The zero-order valence-electron chi connectivity index (χ0n) is 14.4. The first-order valence-corrected chi connectivity index (χ1v) is 10.2. The van der Waals surface area contributed by atoms with Crippen LogP contribution in [0.5, 0.6) is 0 Å². The molecule has 2 aliphatic heterocycles. The quantitative estimate of drug-likeness (QED) is 0.603. The SMILES string of the molecule is C=C1N2C(=O)C(NS(=O)(=O)c3ccc(NC(C)=O)cc3)[C@H]2SC1(C)C(=O)O. The van der Waals surface area contributed by atoms with Gasteiger partial charge >= 0.3 is 5.97 Å². The van der Waals surface area contributed by atoms with Crippen LogP contribution in [0.4, 0.5) is 5.69 Å². The number of nitrogens with one attached hydrogen (secondary N) is 2. The van der Waals surface area contributed by atoms with Gasteiger partial charge < -0.3 is 10.4 Å². The molecule has 9 nitrogen and oxygen atoms in total. The van der Waals surface area contributed by atoms with Crippen LogP contribution in [0.1, 0.15) is 13.8 Å². The van der Waals surface area contributed by atoms with E-state index in [4.69, 9.17) is 0 Å². The molecule has 2 aliphatic rings. The van der Waals surface area contributed by atoms with Crippen molar-refractivity contribution in [2.45, 2.75) is 34.9 Å². The zero-order chi connectivity index (χ0) is 20.1. The molecule has 144 valence electrons. The van der Waals surface area contributed by atoms with Gasteiger partial charge in [-0.1, -0.05) is 6.58 Å². The molecule has 3 rings (SSSR count). The number of aliphatic carboxylic acids is 1. The van der Waals surface area contributed by atoms with Gasteiger partial charge in [0.1, 0.15) is 11.4 Å². The molecule has 0 aromatic heterocycles. The molecule has 2 unspecified atom stereocenters. The van der Waals surface area contributed by atoms with Gasteiger partial charge in [-0.05, 0) is 31.2 Å². The van der Waals surface area contributed by atoms with Crippen molar-refractivity contribution in [1.82, 2.24) is 9.62 Å². The van der Waals surface area contributed by atoms with Crippen LogP contribution in [0.2, 0.25) is 0 Å². The number of amides is 2. The summed E-state index contributed by atoms with van der Waals surface area (Å²) < 4.78 is 26.1. The van der Waals surface area contributed by atoms with Crippen molar-refractivity contribution in [3.8, 4) is 0 Å². The van der Waals surface area contributed by atoms with Crippen molar-refractivity contribution in [3.63, 3.8) is 0 Å². The number of hydrogen-bond donors (Lipinski definition) is 3. The number of rotatable bonds is 5. The molecule has 11 heteroatoms. The number of benzene rings is 1. The molecule has 2 fully saturated rings. The van der Waals surface area contributed by atoms with Crippen molar-refractivity contribution in [2.75, 3.05) is 5.32 Å². The lowest BCUT2D eigenvalue weighted by Gasteiger charge is -2.41. The third-order valence-electron chi connectivity index (χ3n) is 4.42. The first-order chi connectivity index (χ1) is 12.5. The number of carboxylic acids is 1. The van der Waals surface area contributed by atoms with Gasteiger partial charge in [-0.3, -0.25) is 19.3 Å². The summed E-state index contributed by atoms with van der Waals surface area (Å²) in [5.74, 6) is -1.97. The highest BCUT2D eigenvalue weighted by Gasteiger charge is 2.63. The Balaban J connectivity index is 1.77. The summed E-state index contributed by atoms with van der Waals surface area (Å²) in [6.45, 7) is 6.44.